The maximum Gasteiger partial charge on any atom is 0.256 e. The summed E-state index contributed by atoms with van der Waals surface area (Å²) in [6, 6.07) is 0. The van der Waals surface area contributed by atoms with Gasteiger partial charge in [0.05, 0.1) is 13.1 Å². The molecule has 0 saturated heterocycles. The fraction of sp³-hybridized carbons (Fsp3) is 0.921. The molecule has 0 amide bonds. The summed E-state index contributed by atoms with van der Waals surface area (Å²) in [6.07, 6.45) is 47.4. The Labute approximate surface area is 253 Å². The van der Waals surface area contributed by atoms with Gasteiger partial charge in [-0.3, -0.25) is 0 Å². The van der Waals surface area contributed by atoms with Crippen LogP contribution < -0.4 is 4.57 Å². The average molecular weight is 560 g/mol. The van der Waals surface area contributed by atoms with Crippen LogP contribution in [-0.2, 0) is 19.5 Å². The van der Waals surface area contributed by atoms with E-state index >= 15 is 0 Å². The van der Waals surface area contributed by atoms with Gasteiger partial charge in [-0.15, -0.1) is 0 Å². The van der Waals surface area contributed by atoms with Crippen molar-refractivity contribution in [1.82, 2.24) is 4.57 Å². The van der Waals surface area contributed by atoms with Crippen molar-refractivity contribution < 1.29 is 4.57 Å². The van der Waals surface area contributed by atoms with Crippen LogP contribution >= 0.6 is 0 Å². The van der Waals surface area contributed by atoms with Crippen LogP contribution in [0.3, 0.4) is 0 Å². The molecule has 0 spiro atoms. The Hall–Kier alpha value is -0.790. The van der Waals surface area contributed by atoms with Gasteiger partial charge in [-0.05, 0) is 32.1 Å². The normalized spacial score (nSPS) is 11.6. The fourth-order valence-corrected chi connectivity index (χ4v) is 6.33. The molecule has 0 aromatic carbocycles. The predicted molar refractivity (Wildman–Crippen MR) is 179 cm³/mol. The van der Waals surface area contributed by atoms with Crippen molar-refractivity contribution in [2.24, 2.45) is 0 Å². The Morgan fingerprint density at radius 2 is 0.775 bits per heavy atom. The van der Waals surface area contributed by atoms with Crippen LogP contribution in [0.4, 0.5) is 0 Å². The van der Waals surface area contributed by atoms with Crippen molar-refractivity contribution >= 4 is 0 Å². The highest BCUT2D eigenvalue weighted by atomic mass is 15.1. The van der Waals surface area contributed by atoms with Gasteiger partial charge in [0.25, 0.3) is 5.82 Å². The Bertz CT molecular complexity index is 619. The minimum absolute atomic E-state index is 1.23. The molecular formula is C38H75N2+. The quantitative estimate of drug-likeness (QED) is 0.0613. The van der Waals surface area contributed by atoms with Gasteiger partial charge in [0.2, 0.25) is 0 Å². The van der Waals surface area contributed by atoms with Crippen LogP contribution in [-0.4, -0.2) is 4.57 Å². The van der Waals surface area contributed by atoms with Crippen LogP contribution in [0.1, 0.15) is 213 Å². The maximum atomic E-state index is 2.62. The average Bonchev–Trinajstić information content (AvgIpc) is 3.35. The van der Waals surface area contributed by atoms with Crippen molar-refractivity contribution in [2.75, 3.05) is 0 Å². The first-order chi connectivity index (χ1) is 19.8. The molecule has 2 nitrogen and oxygen atoms in total. The molecule has 0 aliphatic rings. The first kappa shape index (κ1) is 37.2. The number of aryl methyl sites for hydroxylation is 2. The molecule has 0 aliphatic heterocycles. The van der Waals surface area contributed by atoms with E-state index in [0.29, 0.717) is 0 Å². The largest absolute Gasteiger partial charge is 0.256 e. The van der Waals surface area contributed by atoms with Crippen LogP contribution in [0.5, 0.6) is 0 Å². The fourth-order valence-electron chi connectivity index (χ4n) is 6.33. The van der Waals surface area contributed by atoms with Crippen LogP contribution in [0.2, 0.25) is 0 Å². The number of imidazole rings is 1. The molecule has 1 aromatic rings. The molecule has 0 saturated carbocycles. The van der Waals surface area contributed by atoms with Crippen molar-refractivity contribution in [1.29, 1.82) is 0 Å². The van der Waals surface area contributed by atoms with Gasteiger partial charge in [-0.1, -0.05) is 175 Å². The first-order valence-electron chi connectivity index (χ1n) is 18.9. The third-order valence-corrected chi connectivity index (χ3v) is 9.10. The van der Waals surface area contributed by atoms with Crippen molar-refractivity contribution in [3.05, 3.63) is 18.2 Å². The van der Waals surface area contributed by atoms with Crippen LogP contribution in [0.15, 0.2) is 12.4 Å². The molecule has 0 N–H and O–H groups in total. The molecule has 40 heavy (non-hydrogen) atoms. The standard InChI is InChI=1S/C38H75N2/c1-4-7-10-13-15-17-19-21-23-25-27-29-32-35-40-37-36-39(38(40)33-30-12-9-6-3)34-31-28-26-24-22-20-18-16-14-11-8-5-2/h36-37H,4-35H2,1-3H3/q+1. The van der Waals surface area contributed by atoms with Crippen molar-refractivity contribution in [2.45, 2.75) is 226 Å². The molecular weight excluding hydrogens is 484 g/mol. The topological polar surface area (TPSA) is 8.81 Å². The summed E-state index contributed by atoms with van der Waals surface area (Å²) in [7, 11) is 0. The zero-order chi connectivity index (χ0) is 28.8. The molecule has 0 bridgehead atoms. The van der Waals surface area contributed by atoms with E-state index < -0.39 is 0 Å². The van der Waals surface area contributed by atoms with Gasteiger partial charge in [0.15, 0.2) is 0 Å². The highest BCUT2D eigenvalue weighted by molar-refractivity contribution is 4.84. The number of aromatic nitrogens is 2. The Kier molecular flexibility index (Phi) is 27.6. The lowest BCUT2D eigenvalue weighted by Crippen LogP contribution is -2.37. The monoisotopic (exact) mass is 560 g/mol. The molecule has 0 unspecified atom stereocenters. The molecule has 2 heteroatoms. The van der Waals surface area contributed by atoms with Crippen LogP contribution in [0, 0.1) is 0 Å². The number of hydrogen-bond donors (Lipinski definition) is 0. The Morgan fingerprint density at radius 1 is 0.425 bits per heavy atom. The summed E-state index contributed by atoms with van der Waals surface area (Å²) < 4.78 is 5.23. The zero-order valence-electron chi connectivity index (χ0n) is 28.2. The van der Waals surface area contributed by atoms with E-state index in [2.05, 4.69) is 42.3 Å². The van der Waals surface area contributed by atoms with E-state index in [1.165, 1.54) is 206 Å². The molecule has 0 radical (unpaired) electrons. The second-order valence-electron chi connectivity index (χ2n) is 13.0. The summed E-state index contributed by atoms with van der Waals surface area (Å²) in [4.78, 5) is 0. The molecule has 0 atom stereocenters. The summed E-state index contributed by atoms with van der Waals surface area (Å²) in [5.41, 5.74) is 0. The van der Waals surface area contributed by atoms with E-state index in [0.717, 1.165) is 0 Å². The highest BCUT2D eigenvalue weighted by Gasteiger charge is 2.16. The van der Waals surface area contributed by atoms with Gasteiger partial charge in [0.1, 0.15) is 12.4 Å². The third kappa shape index (κ3) is 21.9. The van der Waals surface area contributed by atoms with E-state index in [9.17, 15) is 0 Å². The second-order valence-corrected chi connectivity index (χ2v) is 13.0. The van der Waals surface area contributed by atoms with E-state index in [1.54, 1.807) is 5.82 Å². The number of unbranched alkanes of at least 4 members (excludes halogenated alkanes) is 26. The van der Waals surface area contributed by atoms with E-state index in [1.807, 2.05) is 0 Å². The summed E-state index contributed by atoms with van der Waals surface area (Å²) >= 11 is 0. The second kappa shape index (κ2) is 29.7. The van der Waals surface area contributed by atoms with Gasteiger partial charge in [-0.2, -0.15) is 0 Å². The minimum atomic E-state index is 1.23. The lowest BCUT2D eigenvalue weighted by atomic mass is 10.0. The summed E-state index contributed by atoms with van der Waals surface area (Å²) in [5, 5.41) is 0. The van der Waals surface area contributed by atoms with Crippen molar-refractivity contribution in [3.8, 4) is 0 Å². The molecule has 0 fully saturated rings. The zero-order valence-corrected chi connectivity index (χ0v) is 28.2. The third-order valence-electron chi connectivity index (χ3n) is 9.10. The van der Waals surface area contributed by atoms with Gasteiger partial charge < -0.3 is 0 Å². The molecule has 0 aliphatic carbocycles. The lowest BCUT2D eigenvalue weighted by Gasteiger charge is -2.07. The smallest absolute Gasteiger partial charge is 0.234 e. The number of rotatable bonds is 32. The van der Waals surface area contributed by atoms with Gasteiger partial charge >= 0.3 is 0 Å². The lowest BCUT2D eigenvalue weighted by molar-refractivity contribution is -0.704. The Morgan fingerprint density at radius 3 is 1.20 bits per heavy atom. The molecule has 236 valence electrons. The highest BCUT2D eigenvalue weighted by Crippen LogP contribution is 2.15. The number of hydrogen-bond acceptors (Lipinski definition) is 0. The van der Waals surface area contributed by atoms with Crippen LogP contribution in [0.25, 0.3) is 0 Å². The number of nitrogens with zero attached hydrogens (tertiary/aromatic N) is 2. The minimum Gasteiger partial charge on any atom is -0.234 e. The van der Waals surface area contributed by atoms with Gasteiger partial charge in [-0.25, -0.2) is 9.13 Å². The molecule has 1 heterocycles. The molecule has 1 aromatic heterocycles. The summed E-state index contributed by atoms with van der Waals surface area (Å²) in [6.45, 7) is 9.40. The van der Waals surface area contributed by atoms with E-state index in [4.69, 9.17) is 0 Å². The van der Waals surface area contributed by atoms with Gasteiger partial charge in [0, 0.05) is 6.42 Å². The first-order valence-corrected chi connectivity index (χ1v) is 18.9. The Balaban J connectivity index is 2.18. The van der Waals surface area contributed by atoms with Crippen molar-refractivity contribution in [3.63, 3.8) is 0 Å². The summed E-state index contributed by atoms with van der Waals surface area (Å²) in [5.74, 6) is 1.61. The molecule has 1 rings (SSSR count). The predicted octanol–water partition coefficient (Wildman–Crippen LogP) is 12.7. The maximum absolute atomic E-state index is 2.62. The van der Waals surface area contributed by atoms with E-state index in [-0.39, 0.29) is 0 Å². The SMILES string of the molecule is CCCCCCCCCCCCCCCn1cc[n+](CCCCCCCCCCCCCC)c1CCCCCC.